The second-order valence-electron chi connectivity index (χ2n) is 22.2. The summed E-state index contributed by atoms with van der Waals surface area (Å²) < 4.78 is 42.2. The maximum absolute atomic E-state index is 14.5. The van der Waals surface area contributed by atoms with Crippen LogP contribution in [-0.4, -0.2) is 168 Å². The van der Waals surface area contributed by atoms with Crippen LogP contribution in [0.4, 0.5) is 0 Å². The molecule has 73 heavy (non-hydrogen) atoms. The van der Waals surface area contributed by atoms with Crippen molar-refractivity contribution in [1.82, 2.24) is 4.90 Å². The molecule has 1 aliphatic carbocycles. The molecule has 0 spiro atoms. The molecule has 5 fully saturated rings. The van der Waals surface area contributed by atoms with Gasteiger partial charge in [0.1, 0.15) is 54.6 Å². The minimum atomic E-state index is -2.52. The third kappa shape index (κ3) is 14.5. The minimum absolute atomic E-state index is 0.0303. The Morgan fingerprint density at radius 2 is 1.55 bits per heavy atom. The normalized spacial score (nSPS) is 43.2. The minimum Gasteiger partial charge on any atom is -0.460 e. The summed E-state index contributed by atoms with van der Waals surface area (Å²) in [4.78, 5) is 72.7. The average molecular weight is 1030 g/mol. The Balaban J connectivity index is 1.31. The number of ether oxygens (including phenoxy) is 7. The van der Waals surface area contributed by atoms with Gasteiger partial charge in [0.2, 0.25) is 5.79 Å². The number of nitrogens with zero attached hydrogens (tertiary/aromatic N) is 1. The highest BCUT2D eigenvalue weighted by Gasteiger charge is 2.54. The largest absolute Gasteiger partial charge is 0.460 e. The Bertz CT molecular complexity index is 2040. The number of rotatable bonds is 7. The second-order valence-corrected chi connectivity index (χ2v) is 22.2. The lowest BCUT2D eigenvalue weighted by Gasteiger charge is -2.43. The number of hydrogen-bond acceptors (Lipinski definition) is 16. The molecule has 0 unspecified atom stereocenters. The van der Waals surface area contributed by atoms with E-state index < -0.39 is 108 Å². The van der Waals surface area contributed by atoms with Gasteiger partial charge in [-0.1, -0.05) is 71.1 Å². The molecule has 1 saturated carbocycles. The number of aliphatic hydroxyl groups excluding tert-OH is 3. The Morgan fingerprint density at radius 3 is 2.27 bits per heavy atom. The zero-order valence-corrected chi connectivity index (χ0v) is 44.6. The van der Waals surface area contributed by atoms with Crippen molar-refractivity contribution in [2.24, 2.45) is 35.5 Å². The Morgan fingerprint density at radius 1 is 0.808 bits per heavy atom. The summed E-state index contributed by atoms with van der Waals surface area (Å²) in [6, 6.07) is -1.18. The van der Waals surface area contributed by atoms with Crippen LogP contribution in [0.1, 0.15) is 126 Å². The van der Waals surface area contributed by atoms with E-state index in [1.54, 1.807) is 40.9 Å². The highest BCUT2D eigenvalue weighted by atomic mass is 16.6. The van der Waals surface area contributed by atoms with Crippen LogP contribution in [0.5, 0.6) is 0 Å². The number of Topliss-reactive ketones (excluding diaryl/α,β-unsaturated/α-hetero) is 3. The molecule has 0 aromatic rings. The van der Waals surface area contributed by atoms with Gasteiger partial charge < -0.3 is 58.5 Å². The first-order chi connectivity index (χ1) is 34.7. The summed E-state index contributed by atoms with van der Waals surface area (Å²) in [5.41, 5.74) is 1.16. The third-order valence-corrected chi connectivity index (χ3v) is 16.5. The molecule has 6 aliphatic rings. The number of carbonyl (C=O) groups excluding carboxylic acids is 5. The van der Waals surface area contributed by atoms with Crippen LogP contribution in [0.2, 0.25) is 0 Å². The van der Waals surface area contributed by atoms with Gasteiger partial charge in [-0.15, -0.1) is 0 Å². The fourth-order valence-corrected chi connectivity index (χ4v) is 11.8. The number of ketones is 3. The zero-order valence-electron chi connectivity index (χ0n) is 44.6. The number of esters is 1. The number of fused-ring (bicyclic) bond motifs is 4. The molecule has 6 rings (SSSR count). The van der Waals surface area contributed by atoms with Gasteiger partial charge in [0.15, 0.2) is 5.78 Å². The van der Waals surface area contributed by atoms with Crippen molar-refractivity contribution in [1.29, 1.82) is 0 Å². The molecule has 19 atom stereocenters. The molecule has 17 nitrogen and oxygen atoms in total. The maximum Gasteiger partial charge on any atom is 0.329 e. The molecule has 410 valence electrons. The fraction of sp³-hybridized carbons (Fsp3) is 0.768. The van der Waals surface area contributed by atoms with Crippen LogP contribution >= 0.6 is 0 Å². The Kier molecular flexibility index (Phi) is 21.3. The van der Waals surface area contributed by atoms with Crippen molar-refractivity contribution >= 4 is 29.2 Å². The smallest absolute Gasteiger partial charge is 0.329 e. The van der Waals surface area contributed by atoms with Gasteiger partial charge in [0.05, 0.1) is 37.6 Å². The number of methoxy groups -OCH3 is 2. The van der Waals surface area contributed by atoms with Crippen molar-refractivity contribution in [3.63, 3.8) is 0 Å². The first-order valence-electron chi connectivity index (χ1n) is 26.9. The summed E-state index contributed by atoms with van der Waals surface area (Å²) in [6.45, 7) is 12.9. The van der Waals surface area contributed by atoms with E-state index in [9.17, 15) is 44.4 Å². The van der Waals surface area contributed by atoms with E-state index in [0.717, 1.165) is 5.57 Å². The number of amides is 1. The highest BCUT2D eigenvalue weighted by Crippen LogP contribution is 2.39. The van der Waals surface area contributed by atoms with Gasteiger partial charge in [-0.25, -0.2) is 4.79 Å². The number of allylic oxidation sites excluding steroid dienone is 6. The highest BCUT2D eigenvalue weighted by molar-refractivity contribution is 6.39. The summed E-state index contributed by atoms with van der Waals surface area (Å²) in [5.74, 6) is -8.41. The van der Waals surface area contributed by atoms with Crippen molar-refractivity contribution in [3.05, 3.63) is 47.6 Å². The number of piperidine rings is 1. The number of hydrogen-bond donors (Lipinski definition) is 4. The molecule has 17 heteroatoms. The van der Waals surface area contributed by atoms with E-state index >= 15 is 0 Å². The molecule has 0 aromatic carbocycles. The first kappa shape index (κ1) is 58.8. The monoisotopic (exact) mass is 1030 g/mol. The van der Waals surface area contributed by atoms with Crippen LogP contribution < -0.4 is 0 Å². The van der Waals surface area contributed by atoms with Gasteiger partial charge in [-0.05, 0) is 107 Å². The Hall–Kier alpha value is -3.49. The van der Waals surface area contributed by atoms with Crippen molar-refractivity contribution in [2.45, 2.75) is 204 Å². The van der Waals surface area contributed by atoms with Crippen LogP contribution in [0, 0.1) is 35.5 Å². The summed E-state index contributed by atoms with van der Waals surface area (Å²) >= 11 is 0. The van der Waals surface area contributed by atoms with Crippen LogP contribution in [0.3, 0.4) is 0 Å². The maximum atomic E-state index is 14.5. The lowest BCUT2D eigenvalue weighted by atomic mass is 9.78. The molecule has 1 amide bonds. The number of cyclic esters (lactones) is 1. The van der Waals surface area contributed by atoms with Crippen LogP contribution in [0.15, 0.2) is 47.6 Å². The molecule has 2 bridgehead atoms. The van der Waals surface area contributed by atoms with Gasteiger partial charge in [-0.2, -0.15) is 0 Å². The summed E-state index contributed by atoms with van der Waals surface area (Å²) in [5, 5.41) is 44.7. The molecular weight excluding hydrogens is 943 g/mol. The van der Waals surface area contributed by atoms with E-state index in [0.29, 0.717) is 63.4 Å². The first-order valence-corrected chi connectivity index (χ1v) is 26.9. The predicted molar refractivity (Wildman–Crippen MR) is 268 cm³/mol. The standard InChI is InChI=1S/C56H85NO16/c1-31-15-11-10-12-16-32(2)44(71-47-30-70-50-43(60)29-69-51(47)50)27-39-20-18-37(7)56(66,73-39)53(63)54(64)57-22-14-13-17-40(57)55(65)72-45(34(4)25-38-19-21-41(58)46(26-38)67-8)28-42(59)33(3)24-36(6)49(62)52(68-9)48(61)35(5)23-31/h10-12,15-16,24,31,33-35,37-41,43-47,49-52,58,60,62,66H,13-14,17-23,25-30H2,1-9H3/b12-10+,15-11+,32-16+,36-24+/t31-,33-,34-,35-,37-,38+,39+,40+,41-,43-,44+,45+,46-,47-,49-,50-,51-,52+,56-/m1/s1. The molecule has 5 heterocycles. The van der Waals surface area contributed by atoms with Gasteiger partial charge in [0.25, 0.3) is 11.7 Å². The predicted octanol–water partition coefficient (Wildman–Crippen LogP) is 5.08. The van der Waals surface area contributed by atoms with Crippen molar-refractivity contribution in [2.75, 3.05) is 34.0 Å². The van der Waals surface area contributed by atoms with E-state index in [4.69, 9.17) is 33.2 Å². The van der Waals surface area contributed by atoms with Gasteiger partial charge in [0, 0.05) is 51.4 Å². The van der Waals surface area contributed by atoms with Crippen LogP contribution in [-0.2, 0) is 57.1 Å². The van der Waals surface area contributed by atoms with E-state index in [2.05, 4.69) is 0 Å². The summed E-state index contributed by atoms with van der Waals surface area (Å²) in [7, 11) is 2.93. The van der Waals surface area contributed by atoms with Crippen molar-refractivity contribution in [3.8, 4) is 0 Å². The van der Waals surface area contributed by atoms with Crippen molar-refractivity contribution < 1.29 is 77.6 Å². The lowest BCUT2D eigenvalue weighted by Crippen LogP contribution is -2.61. The molecule has 4 N–H and O–H groups in total. The quantitative estimate of drug-likeness (QED) is 0.148. The number of aliphatic hydroxyl groups is 4. The second kappa shape index (κ2) is 26.5. The van der Waals surface area contributed by atoms with Gasteiger partial charge >= 0.3 is 5.97 Å². The molecular formula is C56H85NO16. The van der Waals surface area contributed by atoms with E-state index in [1.165, 1.54) is 12.0 Å². The number of carbonyl (C=O) groups is 5. The fourth-order valence-electron chi connectivity index (χ4n) is 11.8. The SMILES string of the molecule is CO[C@@H]1C[C@H](C[C@@H](C)[C@@H]2CC(=O)[C@H](C)/C=C(\C)[C@@H](O)[C@@H](OC)C(=O)[C@H](C)C[C@H](C)/C=C/C=C/C=C(\C)[C@@H](O[C@@H]3CO[C@H]4[C@@H]3OC[C@H]4O)C[C@@H]3CC[C@@H](C)[C@@](O)(O3)C(=O)C(=O)N3CCCC[C@H]3C(=O)O2)CC[C@H]1O. The van der Waals surface area contributed by atoms with E-state index in [-0.39, 0.29) is 74.4 Å². The molecule has 5 aliphatic heterocycles. The van der Waals surface area contributed by atoms with Gasteiger partial charge in [-0.3, -0.25) is 19.2 Å². The molecule has 0 radical (unpaired) electrons. The zero-order chi connectivity index (χ0) is 53.3. The summed E-state index contributed by atoms with van der Waals surface area (Å²) in [6.07, 6.45) is 7.79. The third-order valence-electron chi connectivity index (χ3n) is 16.5. The lowest BCUT2D eigenvalue weighted by molar-refractivity contribution is -0.266. The topological polar surface area (TPSA) is 234 Å². The van der Waals surface area contributed by atoms with E-state index in [1.807, 2.05) is 51.2 Å². The van der Waals surface area contributed by atoms with Crippen LogP contribution in [0.25, 0.3) is 0 Å². The Labute approximate surface area is 432 Å². The molecule has 4 saturated heterocycles. The average Bonchev–Trinajstić information content (AvgIpc) is 3.95. The molecule has 0 aromatic heterocycles.